The van der Waals surface area contributed by atoms with E-state index >= 15 is 0 Å². The number of para-hydroxylation sites is 2. The van der Waals surface area contributed by atoms with E-state index in [4.69, 9.17) is 21.1 Å². The maximum Gasteiger partial charge on any atom is 0.264 e. The SMILES string of the molecule is CCNC(=O)C(C)N(Cc1ccc(OC)cc1)C(=O)CN(c1ccccc1OCC)S(=O)(=O)c1ccc(Cl)cc1. The number of amides is 2. The molecule has 0 aliphatic heterocycles. The normalized spacial score (nSPS) is 11.8. The second-order valence-corrected chi connectivity index (χ2v) is 11.1. The van der Waals surface area contributed by atoms with E-state index in [1.807, 2.05) is 0 Å². The highest BCUT2D eigenvalue weighted by atomic mass is 35.5. The number of carbonyl (C=O) groups excluding carboxylic acids is 2. The number of likely N-dealkylation sites (N-methyl/N-ethyl adjacent to an activating group) is 1. The molecule has 0 fully saturated rings. The lowest BCUT2D eigenvalue weighted by molar-refractivity contribution is -0.139. The first-order valence-corrected chi connectivity index (χ1v) is 14.6. The van der Waals surface area contributed by atoms with E-state index in [-0.39, 0.29) is 29.6 Å². The highest BCUT2D eigenvalue weighted by Crippen LogP contribution is 2.33. The molecule has 2 amide bonds. The van der Waals surface area contributed by atoms with Crippen LogP contribution in [0.1, 0.15) is 26.3 Å². The number of hydrogen-bond donors (Lipinski definition) is 1. The molecule has 0 spiro atoms. The van der Waals surface area contributed by atoms with Gasteiger partial charge in [0.2, 0.25) is 11.8 Å². The summed E-state index contributed by atoms with van der Waals surface area (Å²) in [5.74, 6) is 0.0181. The maximum atomic E-state index is 14.0. The molecule has 0 aliphatic rings. The first-order chi connectivity index (χ1) is 19.1. The predicted molar refractivity (Wildman–Crippen MR) is 155 cm³/mol. The van der Waals surface area contributed by atoms with Crippen molar-refractivity contribution in [2.24, 2.45) is 0 Å². The number of carbonyl (C=O) groups is 2. The molecule has 0 radical (unpaired) electrons. The minimum Gasteiger partial charge on any atom is -0.497 e. The Labute approximate surface area is 240 Å². The van der Waals surface area contributed by atoms with Gasteiger partial charge in [-0.3, -0.25) is 13.9 Å². The van der Waals surface area contributed by atoms with E-state index in [2.05, 4.69) is 5.32 Å². The molecule has 1 N–H and O–H groups in total. The molecule has 3 aromatic rings. The van der Waals surface area contributed by atoms with Gasteiger partial charge in [-0.2, -0.15) is 0 Å². The average Bonchev–Trinajstić information content (AvgIpc) is 2.95. The number of hydrogen-bond acceptors (Lipinski definition) is 6. The van der Waals surface area contributed by atoms with Crippen LogP contribution < -0.4 is 19.1 Å². The lowest BCUT2D eigenvalue weighted by atomic mass is 10.1. The third kappa shape index (κ3) is 7.45. The number of rotatable bonds is 13. The van der Waals surface area contributed by atoms with Crippen molar-refractivity contribution in [2.75, 3.05) is 31.1 Å². The number of anilines is 1. The van der Waals surface area contributed by atoms with Gasteiger partial charge in [0.15, 0.2) is 0 Å². The van der Waals surface area contributed by atoms with E-state index < -0.39 is 28.5 Å². The minimum atomic E-state index is -4.25. The smallest absolute Gasteiger partial charge is 0.264 e. The number of nitrogens with one attached hydrogen (secondary N) is 1. The van der Waals surface area contributed by atoms with Gasteiger partial charge in [-0.05, 0) is 74.9 Å². The number of sulfonamides is 1. The summed E-state index contributed by atoms with van der Waals surface area (Å²) in [6.45, 7) is 5.34. The summed E-state index contributed by atoms with van der Waals surface area (Å²) < 4.78 is 39.9. The summed E-state index contributed by atoms with van der Waals surface area (Å²) >= 11 is 6.00. The summed E-state index contributed by atoms with van der Waals surface area (Å²) in [5, 5.41) is 3.11. The van der Waals surface area contributed by atoms with Gasteiger partial charge < -0.3 is 19.7 Å². The Balaban J connectivity index is 2.07. The van der Waals surface area contributed by atoms with Crippen LogP contribution in [0.5, 0.6) is 11.5 Å². The van der Waals surface area contributed by atoms with Crippen molar-refractivity contribution >= 4 is 39.1 Å². The van der Waals surface area contributed by atoms with Gasteiger partial charge in [0, 0.05) is 18.1 Å². The maximum absolute atomic E-state index is 14.0. The average molecular weight is 588 g/mol. The number of benzene rings is 3. The third-order valence-corrected chi connectivity index (χ3v) is 8.17. The molecule has 3 rings (SSSR count). The zero-order chi connectivity index (χ0) is 29.3. The summed E-state index contributed by atoms with van der Waals surface area (Å²) in [4.78, 5) is 28.1. The van der Waals surface area contributed by atoms with Crippen molar-refractivity contribution in [1.82, 2.24) is 10.2 Å². The van der Waals surface area contributed by atoms with Crippen LogP contribution >= 0.6 is 11.6 Å². The molecule has 3 aromatic carbocycles. The number of nitrogens with zero attached hydrogens (tertiary/aromatic N) is 2. The lowest BCUT2D eigenvalue weighted by Gasteiger charge is -2.32. The van der Waals surface area contributed by atoms with Crippen molar-refractivity contribution in [3.05, 3.63) is 83.4 Å². The van der Waals surface area contributed by atoms with E-state index in [1.165, 1.54) is 29.2 Å². The first-order valence-electron chi connectivity index (χ1n) is 12.8. The molecule has 9 nitrogen and oxygen atoms in total. The molecule has 11 heteroatoms. The van der Waals surface area contributed by atoms with Gasteiger partial charge in [-0.25, -0.2) is 8.42 Å². The molecule has 1 atom stereocenters. The second kappa shape index (κ2) is 14.0. The molecule has 1 unspecified atom stereocenters. The molecular weight excluding hydrogens is 554 g/mol. The number of ether oxygens (including phenoxy) is 2. The van der Waals surface area contributed by atoms with Crippen LogP contribution in [-0.4, -0.2) is 58.0 Å². The zero-order valence-electron chi connectivity index (χ0n) is 23.0. The molecule has 214 valence electrons. The Hall–Kier alpha value is -3.76. The Kier molecular flexibility index (Phi) is 10.8. The minimum absolute atomic E-state index is 0.0468. The summed E-state index contributed by atoms with van der Waals surface area (Å²) in [5.41, 5.74) is 0.940. The quantitative estimate of drug-likeness (QED) is 0.316. The van der Waals surface area contributed by atoms with Gasteiger partial charge in [-0.1, -0.05) is 35.9 Å². The van der Waals surface area contributed by atoms with Crippen molar-refractivity contribution in [3.63, 3.8) is 0 Å². The summed E-state index contributed by atoms with van der Waals surface area (Å²) in [7, 11) is -2.69. The van der Waals surface area contributed by atoms with Crippen LogP contribution in [-0.2, 0) is 26.2 Å². The topological polar surface area (TPSA) is 105 Å². The van der Waals surface area contributed by atoms with Gasteiger partial charge in [0.1, 0.15) is 24.1 Å². The predicted octanol–water partition coefficient (Wildman–Crippen LogP) is 4.50. The van der Waals surface area contributed by atoms with Crippen LogP contribution in [0.4, 0.5) is 5.69 Å². The van der Waals surface area contributed by atoms with Crippen LogP contribution in [0.15, 0.2) is 77.7 Å². The fourth-order valence-corrected chi connectivity index (χ4v) is 5.57. The lowest BCUT2D eigenvalue weighted by Crippen LogP contribution is -2.51. The van der Waals surface area contributed by atoms with E-state index in [0.717, 1.165) is 9.87 Å². The van der Waals surface area contributed by atoms with Crippen LogP contribution in [0.2, 0.25) is 5.02 Å². The Morgan fingerprint density at radius 2 is 1.62 bits per heavy atom. The highest BCUT2D eigenvalue weighted by Gasteiger charge is 2.33. The molecule has 0 aromatic heterocycles. The highest BCUT2D eigenvalue weighted by molar-refractivity contribution is 7.92. The van der Waals surface area contributed by atoms with Crippen LogP contribution in [0, 0.1) is 0 Å². The van der Waals surface area contributed by atoms with Crippen molar-refractivity contribution in [2.45, 2.75) is 38.3 Å². The molecule has 0 bridgehead atoms. The fourth-order valence-electron chi connectivity index (χ4n) is 4.02. The second-order valence-electron chi connectivity index (χ2n) is 8.81. The Morgan fingerprint density at radius 3 is 2.23 bits per heavy atom. The summed E-state index contributed by atoms with van der Waals surface area (Å²) in [6.07, 6.45) is 0. The largest absolute Gasteiger partial charge is 0.497 e. The standard InChI is InChI=1S/C29H34ClN3O6S/c1-5-31-29(35)21(3)32(19-22-11-15-24(38-4)16-12-22)28(34)20-33(26-9-7-8-10-27(26)39-6-2)40(36,37)25-17-13-23(30)14-18-25/h7-18,21H,5-6,19-20H2,1-4H3,(H,31,35). The monoisotopic (exact) mass is 587 g/mol. The fraction of sp³-hybridized carbons (Fsp3) is 0.310. The molecule has 0 saturated heterocycles. The Morgan fingerprint density at radius 1 is 0.975 bits per heavy atom. The first kappa shape index (κ1) is 30.8. The number of methoxy groups -OCH3 is 1. The Bertz CT molecular complexity index is 1400. The third-order valence-electron chi connectivity index (χ3n) is 6.14. The van der Waals surface area contributed by atoms with Gasteiger partial charge in [0.05, 0.1) is 24.3 Å². The van der Waals surface area contributed by atoms with E-state index in [9.17, 15) is 18.0 Å². The molecule has 0 heterocycles. The van der Waals surface area contributed by atoms with Crippen molar-refractivity contribution < 1.29 is 27.5 Å². The van der Waals surface area contributed by atoms with E-state index in [1.54, 1.807) is 76.4 Å². The van der Waals surface area contributed by atoms with Crippen LogP contribution in [0.3, 0.4) is 0 Å². The summed E-state index contributed by atoms with van der Waals surface area (Å²) in [6, 6.07) is 18.5. The van der Waals surface area contributed by atoms with Gasteiger partial charge >= 0.3 is 0 Å². The molecule has 40 heavy (non-hydrogen) atoms. The molecular formula is C29H34ClN3O6S. The van der Waals surface area contributed by atoms with E-state index in [0.29, 0.717) is 23.1 Å². The van der Waals surface area contributed by atoms with Crippen molar-refractivity contribution in [3.8, 4) is 11.5 Å². The molecule has 0 aliphatic carbocycles. The number of halogens is 1. The van der Waals surface area contributed by atoms with Crippen LogP contribution in [0.25, 0.3) is 0 Å². The zero-order valence-corrected chi connectivity index (χ0v) is 24.5. The van der Waals surface area contributed by atoms with Gasteiger partial charge in [0.25, 0.3) is 10.0 Å². The molecule has 0 saturated carbocycles. The van der Waals surface area contributed by atoms with Crippen molar-refractivity contribution in [1.29, 1.82) is 0 Å². The van der Waals surface area contributed by atoms with Gasteiger partial charge in [-0.15, -0.1) is 0 Å².